The lowest BCUT2D eigenvalue weighted by Crippen LogP contribution is -2.61. The number of fused-ring (bicyclic) bond motifs is 2. The topological polar surface area (TPSA) is 112 Å². The third kappa shape index (κ3) is 4.29. The maximum absolute atomic E-state index is 14.5. The average molecular weight is 487 g/mol. The number of nitriles is 1. The van der Waals surface area contributed by atoms with Crippen LogP contribution in [0.4, 0.5) is 15.8 Å². The van der Waals surface area contributed by atoms with Crippen molar-refractivity contribution in [3.8, 4) is 6.07 Å². The largest absolute Gasteiger partial charge is 0.331 e. The SMILES string of the molecule is CC(C)CCN1C2N=C(Nc3cc(F)c4[nH]ncc4c3)NC=C2N(c2cccc(C#N)c2)C(=O)[C@H]1C. The number of aromatic nitrogens is 2. The number of carbonyl (C=O) groups excluding carboxylic acids is 1. The highest BCUT2D eigenvalue weighted by Crippen LogP contribution is 2.34. The number of amides is 1. The molecule has 1 fully saturated rings. The van der Waals surface area contributed by atoms with E-state index in [2.05, 4.69) is 45.6 Å². The van der Waals surface area contributed by atoms with Gasteiger partial charge in [0.2, 0.25) is 11.9 Å². The summed E-state index contributed by atoms with van der Waals surface area (Å²) >= 11 is 0. The van der Waals surface area contributed by atoms with E-state index >= 15 is 0 Å². The van der Waals surface area contributed by atoms with Gasteiger partial charge >= 0.3 is 0 Å². The fraction of sp³-hybridized carbons (Fsp3) is 0.308. The molecular weight excluding hydrogens is 459 g/mol. The zero-order valence-corrected chi connectivity index (χ0v) is 20.3. The van der Waals surface area contributed by atoms with Gasteiger partial charge in [0, 0.05) is 23.8 Å². The van der Waals surface area contributed by atoms with Crippen LogP contribution in [0.2, 0.25) is 0 Å². The van der Waals surface area contributed by atoms with Gasteiger partial charge in [0.05, 0.1) is 35.3 Å². The van der Waals surface area contributed by atoms with Gasteiger partial charge in [-0.25, -0.2) is 9.38 Å². The van der Waals surface area contributed by atoms with Crippen molar-refractivity contribution in [2.24, 2.45) is 10.9 Å². The van der Waals surface area contributed by atoms with Gasteiger partial charge in [-0.2, -0.15) is 10.4 Å². The van der Waals surface area contributed by atoms with Crippen molar-refractivity contribution in [1.82, 2.24) is 20.4 Å². The van der Waals surface area contributed by atoms with Crippen LogP contribution in [-0.4, -0.2) is 45.7 Å². The lowest BCUT2D eigenvalue weighted by atomic mass is 10.0. The molecule has 0 saturated carbocycles. The number of piperazine rings is 1. The van der Waals surface area contributed by atoms with Crippen LogP contribution in [0.25, 0.3) is 10.9 Å². The fourth-order valence-electron chi connectivity index (χ4n) is 4.54. The molecule has 36 heavy (non-hydrogen) atoms. The quantitative estimate of drug-likeness (QED) is 0.504. The van der Waals surface area contributed by atoms with Crippen LogP contribution >= 0.6 is 0 Å². The first-order chi connectivity index (χ1) is 17.4. The van der Waals surface area contributed by atoms with Gasteiger partial charge in [-0.1, -0.05) is 19.9 Å². The van der Waals surface area contributed by atoms with Gasteiger partial charge in [0.1, 0.15) is 11.7 Å². The van der Waals surface area contributed by atoms with Crippen LogP contribution in [0.1, 0.15) is 32.8 Å². The Balaban J connectivity index is 1.50. The van der Waals surface area contributed by atoms with E-state index in [0.29, 0.717) is 52.0 Å². The van der Waals surface area contributed by atoms with Gasteiger partial charge in [0.25, 0.3) is 0 Å². The highest BCUT2D eigenvalue weighted by atomic mass is 19.1. The molecule has 10 heteroatoms. The first kappa shape index (κ1) is 23.5. The number of benzene rings is 2. The van der Waals surface area contributed by atoms with Gasteiger partial charge < -0.3 is 10.6 Å². The summed E-state index contributed by atoms with van der Waals surface area (Å²) in [6.07, 6.45) is 3.76. The van der Waals surface area contributed by atoms with Crippen LogP contribution in [0.15, 0.2) is 59.5 Å². The standard InChI is InChI=1S/C26H27FN8O/c1-15(2)7-8-34-16(3)25(36)35(20-6-4-5-17(9-20)12-28)22-14-29-26(32-24(22)34)31-19-10-18-13-30-33-23(18)21(27)11-19/h4-6,9-11,13-16,24H,7-8H2,1-3H3,(H,30,33)(H2,29,31,32)/t16-,24?/m1/s1. The van der Waals surface area contributed by atoms with Crippen LogP contribution in [0.5, 0.6) is 0 Å². The van der Waals surface area contributed by atoms with Crippen LogP contribution < -0.4 is 15.5 Å². The zero-order valence-electron chi connectivity index (χ0n) is 20.3. The lowest BCUT2D eigenvalue weighted by molar-refractivity contribution is -0.125. The molecule has 0 radical (unpaired) electrons. The summed E-state index contributed by atoms with van der Waals surface area (Å²) in [7, 11) is 0. The first-order valence-electron chi connectivity index (χ1n) is 11.9. The van der Waals surface area contributed by atoms with Gasteiger partial charge in [-0.15, -0.1) is 0 Å². The maximum atomic E-state index is 14.5. The second-order valence-electron chi connectivity index (χ2n) is 9.41. The Labute approximate surface area is 208 Å². The molecule has 2 aliphatic heterocycles. The summed E-state index contributed by atoms with van der Waals surface area (Å²) < 4.78 is 14.5. The van der Waals surface area contributed by atoms with E-state index in [1.165, 1.54) is 6.07 Å². The molecule has 3 heterocycles. The van der Waals surface area contributed by atoms with E-state index in [1.54, 1.807) is 41.6 Å². The number of nitrogens with zero attached hydrogens (tertiary/aromatic N) is 5. The van der Waals surface area contributed by atoms with Crippen molar-refractivity contribution in [2.45, 2.75) is 39.4 Å². The van der Waals surface area contributed by atoms with E-state index < -0.39 is 18.0 Å². The van der Waals surface area contributed by atoms with Gasteiger partial charge in [-0.3, -0.25) is 19.7 Å². The molecule has 2 atom stereocenters. The highest BCUT2D eigenvalue weighted by Gasteiger charge is 2.43. The Kier molecular flexibility index (Phi) is 6.16. The van der Waals surface area contributed by atoms with Crippen molar-refractivity contribution < 1.29 is 9.18 Å². The van der Waals surface area contributed by atoms with Gasteiger partial charge in [0.15, 0.2) is 5.82 Å². The summed E-state index contributed by atoms with van der Waals surface area (Å²) in [4.78, 5) is 22.2. The number of aromatic amines is 1. The molecule has 1 amide bonds. The normalized spacial score (nSPS) is 20.0. The molecule has 2 aromatic carbocycles. The highest BCUT2D eigenvalue weighted by molar-refractivity contribution is 6.03. The van der Waals surface area contributed by atoms with E-state index in [9.17, 15) is 14.4 Å². The molecule has 0 spiro atoms. The average Bonchev–Trinajstić information content (AvgIpc) is 3.34. The summed E-state index contributed by atoms with van der Waals surface area (Å²) in [5.41, 5.74) is 2.62. The number of aliphatic imine (C=N–C) groups is 1. The Hall–Kier alpha value is -4.23. The summed E-state index contributed by atoms with van der Waals surface area (Å²) in [5, 5.41) is 22.8. The van der Waals surface area contributed by atoms with E-state index in [-0.39, 0.29) is 5.91 Å². The predicted molar refractivity (Wildman–Crippen MR) is 136 cm³/mol. The molecule has 3 N–H and O–H groups in total. The third-order valence-corrected chi connectivity index (χ3v) is 6.48. The van der Waals surface area contributed by atoms with E-state index in [1.807, 2.05) is 13.0 Å². The second kappa shape index (κ2) is 9.43. The number of carbonyl (C=O) groups is 1. The number of nitrogens with one attached hydrogen (secondary N) is 3. The van der Waals surface area contributed by atoms with E-state index in [0.717, 1.165) is 6.42 Å². The minimum atomic E-state index is -0.451. The van der Waals surface area contributed by atoms with Crippen molar-refractivity contribution in [1.29, 1.82) is 5.26 Å². The van der Waals surface area contributed by atoms with Crippen LogP contribution in [-0.2, 0) is 4.79 Å². The number of halogens is 1. The smallest absolute Gasteiger partial charge is 0.248 e. The molecule has 0 aliphatic carbocycles. The third-order valence-electron chi connectivity index (χ3n) is 6.48. The van der Waals surface area contributed by atoms with Crippen molar-refractivity contribution in [2.75, 3.05) is 16.8 Å². The molecule has 1 saturated heterocycles. The Morgan fingerprint density at radius 2 is 2.11 bits per heavy atom. The number of hydrogen-bond acceptors (Lipinski definition) is 7. The molecule has 9 nitrogen and oxygen atoms in total. The molecule has 0 bridgehead atoms. The number of rotatable bonds is 5. The summed E-state index contributed by atoms with van der Waals surface area (Å²) in [6.45, 7) is 6.86. The lowest BCUT2D eigenvalue weighted by Gasteiger charge is -2.46. The number of anilines is 2. The first-order valence-corrected chi connectivity index (χ1v) is 11.9. The molecular formula is C26H27FN8O. The Morgan fingerprint density at radius 3 is 2.89 bits per heavy atom. The molecule has 3 aromatic rings. The van der Waals surface area contributed by atoms with Crippen molar-refractivity contribution >= 4 is 34.1 Å². The van der Waals surface area contributed by atoms with Gasteiger partial charge in [-0.05, 0) is 49.6 Å². The fourth-order valence-corrected chi connectivity index (χ4v) is 4.54. The molecule has 2 aliphatic rings. The maximum Gasteiger partial charge on any atom is 0.248 e. The molecule has 1 unspecified atom stereocenters. The van der Waals surface area contributed by atoms with Crippen molar-refractivity contribution in [3.63, 3.8) is 0 Å². The zero-order chi connectivity index (χ0) is 25.4. The number of hydrogen-bond donors (Lipinski definition) is 3. The Morgan fingerprint density at radius 1 is 1.28 bits per heavy atom. The van der Waals surface area contributed by atoms with E-state index in [4.69, 9.17) is 4.99 Å². The predicted octanol–water partition coefficient (Wildman–Crippen LogP) is 3.90. The minimum Gasteiger partial charge on any atom is -0.331 e. The van der Waals surface area contributed by atoms with Crippen molar-refractivity contribution in [3.05, 3.63) is 65.9 Å². The minimum absolute atomic E-state index is 0.0859. The molecule has 1 aromatic heterocycles. The summed E-state index contributed by atoms with van der Waals surface area (Å²) in [5.74, 6) is 0.391. The molecule has 5 rings (SSSR count). The molecule has 184 valence electrons. The Bertz CT molecular complexity index is 1420. The van der Waals surface area contributed by atoms with Crippen LogP contribution in [0, 0.1) is 23.1 Å². The monoisotopic (exact) mass is 486 g/mol. The van der Waals surface area contributed by atoms with Crippen LogP contribution in [0.3, 0.4) is 0 Å². The summed E-state index contributed by atoms with van der Waals surface area (Å²) in [6, 6.07) is 11.9. The number of guanidine groups is 1. The second-order valence-corrected chi connectivity index (χ2v) is 9.41. The number of H-pyrrole nitrogens is 1.